The van der Waals surface area contributed by atoms with Crippen molar-refractivity contribution in [2.24, 2.45) is 23.2 Å². The molecule has 1 spiro atoms. The molecule has 272 valence electrons. The van der Waals surface area contributed by atoms with Gasteiger partial charge in [0.15, 0.2) is 9.92 Å². The first-order valence-corrected chi connectivity index (χ1v) is 19.5. The van der Waals surface area contributed by atoms with E-state index in [2.05, 4.69) is 31.2 Å². The molecular formula is C38H46ClN5O6S. The number of nitrogens with one attached hydrogen (secondary N) is 1. The van der Waals surface area contributed by atoms with E-state index in [1.807, 2.05) is 18.2 Å². The van der Waals surface area contributed by atoms with E-state index in [1.165, 1.54) is 17.3 Å². The molecule has 0 unspecified atom stereocenters. The van der Waals surface area contributed by atoms with Crippen LogP contribution in [0.2, 0.25) is 5.02 Å². The minimum Gasteiger partial charge on any atom is -0.490 e. The number of fused-ring (bicyclic) bond motifs is 4. The van der Waals surface area contributed by atoms with Gasteiger partial charge in [0.2, 0.25) is 0 Å². The number of benzene rings is 2. The number of amides is 2. The molecule has 2 aromatic carbocycles. The molecule has 3 heterocycles. The smallest absolute Gasteiger partial charge is 0.287 e. The van der Waals surface area contributed by atoms with E-state index in [4.69, 9.17) is 25.8 Å². The zero-order valence-corrected chi connectivity index (χ0v) is 31.4. The summed E-state index contributed by atoms with van der Waals surface area (Å²) in [4.78, 5) is 30.1. The molecule has 2 amide bonds. The molecule has 3 aromatic rings. The summed E-state index contributed by atoms with van der Waals surface area (Å²) in [6, 6.07) is 11.4. The van der Waals surface area contributed by atoms with Crippen LogP contribution in [-0.2, 0) is 43.1 Å². The van der Waals surface area contributed by atoms with Crippen LogP contribution in [0.15, 0.2) is 64.0 Å². The number of aromatic nitrogens is 2. The molecular weight excluding hydrogens is 690 g/mol. The van der Waals surface area contributed by atoms with Crippen LogP contribution in [0.5, 0.6) is 5.75 Å². The first-order chi connectivity index (χ1) is 24.3. The van der Waals surface area contributed by atoms with Gasteiger partial charge in [0, 0.05) is 43.4 Å². The summed E-state index contributed by atoms with van der Waals surface area (Å²) >= 11 is 6.47. The summed E-state index contributed by atoms with van der Waals surface area (Å²) in [5.74, 6) is -0.186. The number of methoxy groups -OCH3 is 1. The lowest BCUT2D eigenvalue weighted by atomic mass is 9.68. The fraction of sp³-hybridized carbons (Fsp3) is 0.500. The zero-order valence-electron chi connectivity index (χ0n) is 29.8. The molecule has 4 aliphatic rings. The molecule has 1 fully saturated rings. The van der Waals surface area contributed by atoms with Crippen molar-refractivity contribution in [1.82, 2.24) is 14.5 Å². The van der Waals surface area contributed by atoms with Crippen molar-refractivity contribution in [3.8, 4) is 5.75 Å². The van der Waals surface area contributed by atoms with Gasteiger partial charge in [-0.1, -0.05) is 29.8 Å². The van der Waals surface area contributed by atoms with Crippen LogP contribution in [0.25, 0.3) is 0 Å². The zero-order chi connectivity index (χ0) is 36.1. The van der Waals surface area contributed by atoms with Gasteiger partial charge in [-0.2, -0.15) is 5.10 Å². The average molecular weight is 736 g/mol. The maximum Gasteiger partial charge on any atom is 0.287 e. The van der Waals surface area contributed by atoms with Crippen LogP contribution in [0.3, 0.4) is 0 Å². The molecule has 1 saturated carbocycles. The molecule has 13 heteroatoms. The lowest BCUT2D eigenvalue weighted by molar-refractivity contribution is -0.137. The quantitative estimate of drug-likeness (QED) is 0.327. The predicted molar refractivity (Wildman–Crippen MR) is 196 cm³/mol. The summed E-state index contributed by atoms with van der Waals surface area (Å²) in [6.07, 6.45) is 10.1. The Hall–Kier alpha value is -3.71. The number of rotatable bonds is 3. The molecule has 11 nitrogen and oxygen atoms in total. The minimum absolute atomic E-state index is 0.117. The van der Waals surface area contributed by atoms with E-state index in [-0.39, 0.29) is 34.5 Å². The highest BCUT2D eigenvalue weighted by molar-refractivity contribution is 7.92. The summed E-state index contributed by atoms with van der Waals surface area (Å²) in [5, 5.41) is 4.90. The topological polar surface area (TPSA) is 124 Å². The van der Waals surface area contributed by atoms with Gasteiger partial charge in [0.25, 0.3) is 11.8 Å². The van der Waals surface area contributed by atoms with Gasteiger partial charge in [-0.3, -0.25) is 19.0 Å². The number of hydrogen-bond acceptors (Lipinski definition) is 8. The molecule has 7 rings (SSSR count). The fourth-order valence-electron chi connectivity index (χ4n) is 7.97. The van der Waals surface area contributed by atoms with E-state index in [9.17, 15) is 9.59 Å². The van der Waals surface area contributed by atoms with E-state index >= 15 is 4.21 Å². The third-order valence-electron chi connectivity index (χ3n) is 11.3. The van der Waals surface area contributed by atoms with Gasteiger partial charge in [0.1, 0.15) is 11.4 Å². The van der Waals surface area contributed by atoms with Gasteiger partial charge in [-0.15, -0.1) is 4.36 Å². The standard InChI is InChI=1S/C38H46ClN5O6S/c1-24-30(20-40-43(24)4)35(45)41-51(47)28-12-15-34-32(19-28)44(22-38(23-49-34)16-6-8-25-18-27(39)11-14-31(25)38)21-26-10-13-29(26)33(48-5)9-7-17-50-37(2,3)36(46)42-51/h7,9,11-12,14-15,18-20,26,29,33H,6,8,10,13,16-17,21-23H2,1-5H3,(H,41,42,45,46,47)/b9-7+/t26-,29+,33+,38-,51+/m0/s1. The monoisotopic (exact) mass is 735 g/mol. The Labute approximate surface area is 305 Å². The van der Waals surface area contributed by atoms with Crippen LogP contribution < -0.4 is 14.4 Å². The summed E-state index contributed by atoms with van der Waals surface area (Å²) < 4.78 is 42.2. The number of aryl methyl sites for hydroxylation is 2. The molecule has 2 bridgehead atoms. The highest BCUT2D eigenvalue weighted by Crippen LogP contribution is 2.47. The summed E-state index contributed by atoms with van der Waals surface area (Å²) in [5.41, 5.74) is 2.28. The van der Waals surface area contributed by atoms with Crippen molar-refractivity contribution in [2.45, 2.75) is 74.9 Å². The second kappa shape index (κ2) is 13.7. The van der Waals surface area contributed by atoms with E-state index in [0.717, 1.165) is 42.8 Å². The van der Waals surface area contributed by atoms with Crippen molar-refractivity contribution in [2.75, 3.05) is 38.3 Å². The van der Waals surface area contributed by atoms with Gasteiger partial charge in [0.05, 0.1) is 41.7 Å². The lowest BCUT2D eigenvalue weighted by Crippen LogP contribution is -2.49. The van der Waals surface area contributed by atoms with Gasteiger partial charge >= 0.3 is 0 Å². The fourth-order valence-corrected chi connectivity index (χ4v) is 9.77. The Kier molecular flexibility index (Phi) is 9.58. The van der Waals surface area contributed by atoms with E-state index in [1.54, 1.807) is 57.8 Å². The second-order valence-corrected chi connectivity index (χ2v) is 17.2. The van der Waals surface area contributed by atoms with Crippen LogP contribution in [0.1, 0.15) is 66.7 Å². The molecule has 2 aliphatic heterocycles. The number of halogens is 1. The number of nitrogens with zero attached hydrogens (tertiary/aromatic N) is 4. The predicted octanol–water partition coefficient (Wildman–Crippen LogP) is 5.96. The van der Waals surface area contributed by atoms with E-state index in [0.29, 0.717) is 37.1 Å². The number of ether oxygens (including phenoxy) is 3. The molecule has 2 aliphatic carbocycles. The van der Waals surface area contributed by atoms with Crippen LogP contribution in [0, 0.1) is 18.8 Å². The number of anilines is 1. The summed E-state index contributed by atoms with van der Waals surface area (Å²) in [7, 11) is -0.443. The maximum atomic E-state index is 15.1. The first kappa shape index (κ1) is 35.7. The van der Waals surface area contributed by atoms with Gasteiger partial charge in [-0.05, 0) is 106 Å². The molecule has 0 radical (unpaired) electrons. The highest BCUT2D eigenvalue weighted by atomic mass is 35.5. The molecule has 51 heavy (non-hydrogen) atoms. The SMILES string of the molecule is CO[C@@H]1/C=C/COC(C)(C)C(=O)N=[S@](=O)(NC(=O)c2cnn(C)c2C)c2ccc3c(c2)N(C[C@@H]2CC[C@H]21)C[C@@]1(CCCc2cc(Cl)ccc21)CO3. The van der Waals surface area contributed by atoms with Gasteiger partial charge in [-0.25, -0.2) is 4.21 Å². The van der Waals surface area contributed by atoms with Crippen molar-refractivity contribution in [3.63, 3.8) is 0 Å². The Balaban J connectivity index is 1.38. The number of hydrogen-bond donors (Lipinski definition) is 1. The Bertz CT molecular complexity index is 2020. The van der Waals surface area contributed by atoms with Gasteiger partial charge < -0.3 is 19.1 Å². The van der Waals surface area contributed by atoms with Crippen molar-refractivity contribution < 1.29 is 28.0 Å². The average Bonchev–Trinajstić information content (AvgIpc) is 3.34. The van der Waals surface area contributed by atoms with E-state index < -0.39 is 27.3 Å². The molecule has 1 aromatic heterocycles. The molecule has 5 atom stereocenters. The third kappa shape index (κ3) is 6.71. The largest absolute Gasteiger partial charge is 0.490 e. The number of carbonyl (C=O) groups excluding carboxylic acids is 2. The highest BCUT2D eigenvalue weighted by Gasteiger charge is 2.45. The van der Waals surface area contributed by atoms with Crippen molar-refractivity contribution in [3.05, 3.63) is 82.2 Å². The van der Waals surface area contributed by atoms with Crippen molar-refractivity contribution >= 4 is 39.0 Å². The lowest BCUT2D eigenvalue weighted by Gasteiger charge is -2.46. The normalized spacial score (nSPS) is 29.4. The van der Waals surface area contributed by atoms with Crippen LogP contribution in [0.4, 0.5) is 5.69 Å². The van der Waals surface area contributed by atoms with Crippen LogP contribution >= 0.6 is 11.6 Å². The maximum absolute atomic E-state index is 15.1. The first-order valence-electron chi connectivity index (χ1n) is 17.6. The Morgan fingerprint density at radius 3 is 2.73 bits per heavy atom. The van der Waals surface area contributed by atoms with Crippen molar-refractivity contribution in [1.29, 1.82) is 0 Å². The Morgan fingerprint density at radius 2 is 2.00 bits per heavy atom. The van der Waals surface area contributed by atoms with Crippen LogP contribution in [-0.4, -0.2) is 70.9 Å². The molecule has 0 saturated heterocycles. The minimum atomic E-state index is -3.89. The third-order valence-corrected chi connectivity index (χ3v) is 13.3. The Morgan fingerprint density at radius 1 is 1.18 bits per heavy atom. The second-order valence-electron chi connectivity index (χ2n) is 14.8. The molecule has 1 N–H and O–H groups in total. The number of carbonyl (C=O) groups is 2. The summed E-state index contributed by atoms with van der Waals surface area (Å²) in [6.45, 7) is 6.87.